The highest BCUT2D eigenvalue weighted by molar-refractivity contribution is 6.30. The lowest BCUT2D eigenvalue weighted by molar-refractivity contribution is -1.02. The van der Waals surface area contributed by atoms with Crippen molar-refractivity contribution in [2.24, 2.45) is 0 Å². The fourth-order valence-electron chi connectivity index (χ4n) is 2.61. The van der Waals surface area contributed by atoms with Gasteiger partial charge in [0.25, 0.3) is 0 Å². The largest absolute Gasteiger partial charge is 0.595 e. The molecule has 2 aromatic carbocycles. The molecule has 7 heteroatoms. The van der Waals surface area contributed by atoms with Gasteiger partial charge in [0.1, 0.15) is 5.75 Å². The number of hydrogen-bond donors (Lipinski definition) is 2. The highest BCUT2D eigenvalue weighted by Gasteiger charge is 2.30. The van der Waals surface area contributed by atoms with Crippen LogP contribution in [-0.2, 0) is 0 Å². The van der Waals surface area contributed by atoms with E-state index in [1.807, 2.05) is 0 Å². The van der Waals surface area contributed by atoms with Crippen molar-refractivity contribution in [1.82, 2.24) is 0 Å². The van der Waals surface area contributed by atoms with Crippen LogP contribution in [-0.4, -0.2) is 19.4 Å². The Morgan fingerprint density at radius 2 is 1.88 bits per heavy atom. The lowest BCUT2D eigenvalue weighted by Crippen LogP contribution is -3.03. The topological polar surface area (TPSA) is 75.4 Å². The lowest BCUT2D eigenvalue weighted by Gasteiger charge is -2.29. The smallest absolute Gasteiger partial charge is 0.201 e. The Morgan fingerprint density at radius 1 is 1.12 bits per heavy atom. The number of hydrogen-bond acceptors (Lipinski definition) is 5. The molecule has 0 spiro atoms. The molecule has 0 amide bonds. The van der Waals surface area contributed by atoms with Gasteiger partial charge < -0.3 is 19.4 Å². The third kappa shape index (κ3) is 3.05. The van der Waals surface area contributed by atoms with E-state index in [1.165, 1.54) is 14.2 Å². The molecule has 0 saturated heterocycles. The van der Waals surface area contributed by atoms with Crippen molar-refractivity contribution in [3.63, 3.8) is 0 Å². The fourth-order valence-corrected chi connectivity index (χ4v) is 2.79. The first kappa shape index (κ1) is 16.6. The predicted octanol–water partition coefficient (Wildman–Crippen LogP) is 2.60. The molecule has 3 rings (SSSR count). The molecule has 0 saturated carbocycles. The second kappa shape index (κ2) is 6.70. The van der Waals surface area contributed by atoms with E-state index in [4.69, 9.17) is 25.8 Å². The summed E-state index contributed by atoms with van der Waals surface area (Å²) in [5.41, 5.74) is 1.41. The van der Waals surface area contributed by atoms with Crippen LogP contribution in [0.2, 0.25) is 5.02 Å². The highest BCUT2D eigenvalue weighted by Crippen LogP contribution is 2.38. The normalized spacial score (nSPS) is 17.4. The summed E-state index contributed by atoms with van der Waals surface area (Å²) in [7, 11) is 3.06. The molecule has 1 aliphatic heterocycles. The Balaban J connectivity index is 2.06. The van der Waals surface area contributed by atoms with E-state index in [-0.39, 0.29) is 5.70 Å². The van der Waals surface area contributed by atoms with Crippen molar-refractivity contribution in [3.05, 3.63) is 63.5 Å². The number of quaternary nitrogens is 1. The lowest BCUT2D eigenvalue weighted by atomic mass is 10.0. The van der Waals surface area contributed by atoms with Crippen molar-refractivity contribution in [1.29, 1.82) is 0 Å². The minimum atomic E-state index is -1.06. The Bertz CT molecular complexity index is 791. The summed E-state index contributed by atoms with van der Waals surface area (Å²) in [5.74, 6) is 1.64. The van der Waals surface area contributed by atoms with Crippen LogP contribution in [0.4, 0.5) is 0 Å². The average molecular weight is 350 g/mol. The van der Waals surface area contributed by atoms with Crippen LogP contribution in [0.1, 0.15) is 17.2 Å². The third-order valence-corrected chi connectivity index (χ3v) is 4.00. The van der Waals surface area contributed by atoms with E-state index in [0.29, 0.717) is 33.4 Å². The molecule has 2 atom stereocenters. The first-order valence-electron chi connectivity index (χ1n) is 7.16. The van der Waals surface area contributed by atoms with Gasteiger partial charge in [-0.25, -0.2) is 5.21 Å². The molecule has 2 N–H and O–H groups in total. The zero-order valence-electron chi connectivity index (χ0n) is 13.1. The van der Waals surface area contributed by atoms with Crippen LogP contribution in [0.5, 0.6) is 17.2 Å². The van der Waals surface area contributed by atoms with E-state index < -0.39 is 11.3 Å². The summed E-state index contributed by atoms with van der Waals surface area (Å²) >= 11 is 5.97. The van der Waals surface area contributed by atoms with E-state index in [9.17, 15) is 10.4 Å². The minimum absolute atomic E-state index is 0.122. The molecule has 1 aliphatic rings. The monoisotopic (exact) mass is 349 g/mol. The van der Waals surface area contributed by atoms with Crippen LogP contribution < -0.4 is 19.4 Å². The molecule has 24 heavy (non-hydrogen) atoms. The summed E-state index contributed by atoms with van der Waals surface area (Å²) in [4.78, 5) is 0. The van der Waals surface area contributed by atoms with Gasteiger partial charge in [-0.05, 0) is 30.3 Å². The van der Waals surface area contributed by atoms with Gasteiger partial charge >= 0.3 is 0 Å². The van der Waals surface area contributed by atoms with Gasteiger partial charge in [-0.1, -0.05) is 17.7 Å². The quantitative estimate of drug-likeness (QED) is 0.830. The van der Waals surface area contributed by atoms with Crippen LogP contribution in [0.25, 0.3) is 6.08 Å². The molecule has 6 nitrogen and oxygen atoms in total. The van der Waals surface area contributed by atoms with Crippen molar-refractivity contribution in [3.8, 4) is 17.2 Å². The number of rotatable bonds is 4. The summed E-state index contributed by atoms with van der Waals surface area (Å²) in [6.07, 6.45) is 0.824. The molecule has 126 valence electrons. The first-order valence-corrected chi connectivity index (χ1v) is 7.54. The Hall–Kier alpha value is -2.25. The molecule has 0 aromatic heterocycles. The predicted molar refractivity (Wildman–Crippen MR) is 88.5 cm³/mol. The third-order valence-electron chi connectivity index (χ3n) is 3.77. The van der Waals surface area contributed by atoms with Gasteiger partial charge in [-0.15, -0.1) is 0 Å². The molecule has 2 aromatic rings. The Kier molecular flexibility index (Phi) is 4.64. The second-order valence-corrected chi connectivity index (χ2v) is 5.64. The molecular weight excluding hydrogens is 334 g/mol. The maximum atomic E-state index is 11.7. The Labute approximate surface area is 144 Å². The molecule has 2 unspecified atom stereocenters. The van der Waals surface area contributed by atoms with Crippen LogP contribution in [0.3, 0.4) is 0 Å². The van der Waals surface area contributed by atoms with Crippen molar-refractivity contribution >= 4 is 17.7 Å². The van der Waals surface area contributed by atoms with Crippen LogP contribution >= 0.6 is 11.6 Å². The maximum absolute atomic E-state index is 11.7. The number of methoxy groups -OCH3 is 2. The van der Waals surface area contributed by atoms with Crippen LogP contribution in [0, 0.1) is 5.21 Å². The van der Waals surface area contributed by atoms with Crippen molar-refractivity contribution in [2.75, 3.05) is 14.2 Å². The van der Waals surface area contributed by atoms with Gasteiger partial charge in [-0.2, -0.15) is 5.23 Å². The number of benzene rings is 2. The number of hydroxylamine groups is 2. The van der Waals surface area contributed by atoms with Crippen LogP contribution in [0.15, 0.2) is 42.1 Å². The molecule has 1 heterocycles. The maximum Gasteiger partial charge on any atom is 0.201 e. The van der Waals surface area contributed by atoms with Crippen molar-refractivity contribution in [2.45, 2.75) is 6.10 Å². The summed E-state index contributed by atoms with van der Waals surface area (Å²) < 4.78 is 16.4. The van der Waals surface area contributed by atoms with Gasteiger partial charge in [0.2, 0.25) is 6.10 Å². The number of fused-ring (bicyclic) bond motifs is 1. The highest BCUT2D eigenvalue weighted by atomic mass is 35.5. The van der Waals surface area contributed by atoms with E-state index in [1.54, 1.807) is 42.5 Å². The number of nitrogens with one attached hydrogen (secondary N) is 1. The summed E-state index contributed by atoms with van der Waals surface area (Å²) in [5, 5.41) is 20.7. The van der Waals surface area contributed by atoms with E-state index in [0.717, 1.165) is 0 Å². The first-order chi connectivity index (χ1) is 11.5. The molecule has 0 aliphatic carbocycles. The fraction of sp³-hybridized carbons (Fsp3) is 0.176. The van der Waals surface area contributed by atoms with E-state index >= 15 is 0 Å². The Morgan fingerprint density at radius 3 is 2.54 bits per heavy atom. The molecule has 0 fully saturated rings. The number of halogens is 1. The van der Waals surface area contributed by atoms with Gasteiger partial charge in [0, 0.05) is 22.2 Å². The number of ether oxygens (including phenoxy) is 3. The zero-order chi connectivity index (χ0) is 17.3. The minimum Gasteiger partial charge on any atom is -0.595 e. The van der Waals surface area contributed by atoms with E-state index in [2.05, 4.69) is 0 Å². The van der Waals surface area contributed by atoms with Crippen molar-refractivity contribution < 1.29 is 24.6 Å². The molecule has 0 bridgehead atoms. The summed E-state index contributed by atoms with van der Waals surface area (Å²) in [6.45, 7) is 0. The average Bonchev–Trinajstić information content (AvgIpc) is 2.59. The van der Waals surface area contributed by atoms with Gasteiger partial charge in [0.05, 0.1) is 14.2 Å². The summed E-state index contributed by atoms with van der Waals surface area (Å²) in [6, 6.07) is 10.3. The SMILES string of the molecule is COc1ccc(C2Oc3ccc(Cl)cc3C=C2[NH+]([O-])O)cc1OC. The standard InChI is InChI=1S/C17H16ClNO5/c1-22-15-5-3-10(9-16(15)23-2)17-13(19(20)21)8-11-7-12(18)4-6-14(11)24-17/h3-9,17,19-20H,1-2H3. The van der Waals surface area contributed by atoms with Gasteiger partial charge in [-0.3, -0.25) is 0 Å². The molecule has 0 radical (unpaired) electrons. The molecular formula is C17H16ClNO5. The van der Waals surface area contributed by atoms with Gasteiger partial charge in [0.15, 0.2) is 17.2 Å². The zero-order valence-corrected chi connectivity index (χ0v) is 13.8. The second-order valence-electron chi connectivity index (χ2n) is 5.20.